The van der Waals surface area contributed by atoms with Crippen molar-refractivity contribution in [3.05, 3.63) is 68.7 Å². The Balaban J connectivity index is 2.31. The van der Waals surface area contributed by atoms with E-state index in [-0.39, 0.29) is 12.0 Å². The van der Waals surface area contributed by atoms with E-state index in [4.69, 9.17) is 11.6 Å². The molecule has 0 saturated carbocycles. The van der Waals surface area contributed by atoms with Gasteiger partial charge in [-0.15, -0.1) is 0 Å². The Kier molecular flexibility index (Phi) is 4.55. The van der Waals surface area contributed by atoms with Gasteiger partial charge in [0.05, 0.1) is 6.10 Å². The maximum atomic E-state index is 13.5. The molecule has 0 fully saturated rings. The van der Waals surface area contributed by atoms with Gasteiger partial charge in [0.1, 0.15) is 11.6 Å². The van der Waals surface area contributed by atoms with E-state index in [1.807, 2.05) is 0 Å². The highest BCUT2D eigenvalue weighted by molar-refractivity contribution is 9.10. The van der Waals surface area contributed by atoms with Gasteiger partial charge in [-0.1, -0.05) is 33.6 Å². The molecule has 0 aliphatic rings. The lowest BCUT2D eigenvalue weighted by Crippen LogP contribution is -2.06. The van der Waals surface area contributed by atoms with Gasteiger partial charge in [0.15, 0.2) is 0 Å². The molecule has 1 unspecified atom stereocenters. The lowest BCUT2D eigenvalue weighted by molar-refractivity contribution is 0.175. The van der Waals surface area contributed by atoms with Crippen molar-refractivity contribution in [2.24, 2.45) is 0 Å². The van der Waals surface area contributed by atoms with E-state index >= 15 is 0 Å². The van der Waals surface area contributed by atoms with E-state index in [0.29, 0.717) is 10.6 Å². The second kappa shape index (κ2) is 5.99. The topological polar surface area (TPSA) is 20.2 Å². The van der Waals surface area contributed by atoms with Crippen LogP contribution in [0.15, 0.2) is 40.9 Å². The van der Waals surface area contributed by atoms with Crippen LogP contribution in [0.5, 0.6) is 0 Å². The minimum Gasteiger partial charge on any atom is -0.388 e. The summed E-state index contributed by atoms with van der Waals surface area (Å²) >= 11 is 9.23. The summed E-state index contributed by atoms with van der Waals surface area (Å²) in [5.74, 6) is -1.35. The molecule has 2 rings (SSSR count). The molecular weight excluding hydrogens is 338 g/mol. The minimum atomic E-state index is -1.07. The lowest BCUT2D eigenvalue weighted by atomic mass is 10.0. The van der Waals surface area contributed by atoms with Gasteiger partial charge < -0.3 is 5.11 Å². The van der Waals surface area contributed by atoms with Gasteiger partial charge in [-0.3, -0.25) is 0 Å². The van der Waals surface area contributed by atoms with Crippen LogP contribution in [0.1, 0.15) is 17.2 Å². The fraction of sp³-hybridized carbons (Fsp3) is 0.143. The highest BCUT2D eigenvalue weighted by Crippen LogP contribution is 2.29. The SMILES string of the molecule is OC(Cc1c(F)cccc1F)c1cc(Br)ccc1Cl. The van der Waals surface area contributed by atoms with E-state index in [1.165, 1.54) is 6.07 Å². The predicted molar refractivity (Wildman–Crippen MR) is 74.2 cm³/mol. The summed E-state index contributed by atoms with van der Waals surface area (Å²) in [6.07, 6.45) is -1.24. The molecule has 0 bridgehead atoms. The minimum absolute atomic E-state index is 0.147. The third kappa shape index (κ3) is 3.32. The third-order valence-corrected chi connectivity index (χ3v) is 3.61. The maximum absolute atomic E-state index is 13.5. The zero-order chi connectivity index (χ0) is 14.0. The molecule has 0 heterocycles. The first-order chi connectivity index (χ1) is 8.99. The molecule has 1 atom stereocenters. The van der Waals surface area contributed by atoms with E-state index in [0.717, 1.165) is 16.6 Å². The van der Waals surface area contributed by atoms with Crippen LogP contribution in [0.4, 0.5) is 8.78 Å². The largest absolute Gasteiger partial charge is 0.388 e. The number of aliphatic hydroxyl groups excluding tert-OH is 1. The van der Waals surface area contributed by atoms with Crippen molar-refractivity contribution < 1.29 is 13.9 Å². The molecule has 0 aromatic heterocycles. The van der Waals surface area contributed by atoms with Gasteiger partial charge in [0.25, 0.3) is 0 Å². The van der Waals surface area contributed by atoms with Gasteiger partial charge in [-0.2, -0.15) is 0 Å². The fourth-order valence-electron chi connectivity index (χ4n) is 1.80. The second-order valence-corrected chi connectivity index (χ2v) is 5.41. The van der Waals surface area contributed by atoms with Crippen LogP contribution in [-0.4, -0.2) is 5.11 Å². The molecule has 0 aliphatic heterocycles. The van der Waals surface area contributed by atoms with Crippen molar-refractivity contribution in [3.63, 3.8) is 0 Å². The van der Waals surface area contributed by atoms with E-state index < -0.39 is 17.7 Å². The number of benzene rings is 2. The summed E-state index contributed by atoms with van der Waals surface area (Å²) in [6.45, 7) is 0. The number of hydrogen-bond donors (Lipinski definition) is 1. The maximum Gasteiger partial charge on any atom is 0.129 e. The zero-order valence-corrected chi connectivity index (χ0v) is 12.0. The van der Waals surface area contributed by atoms with E-state index in [2.05, 4.69) is 15.9 Å². The molecule has 100 valence electrons. The summed E-state index contributed by atoms with van der Waals surface area (Å²) in [4.78, 5) is 0. The Morgan fingerprint density at radius 3 is 2.42 bits per heavy atom. The zero-order valence-electron chi connectivity index (χ0n) is 9.71. The number of aliphatic hydroxyl groups is 1. The van der Waals surface area contributed by atoms with Crippen molar-refractivity contribution in [1.29, 1.82) is 0 Å². The quantitative estimate of drug-likeness (QED) is 0.856. The van der Waals surface area contributed by atoms with Crippen LogP contribution in [0.2, 0.25) is 5.02 Å². The van der Waals surface area contributed by atoms with Gasteiger partial charge in [-0.05, 0) is 30.3 Å². The highest BCUT2D eigenvalue weighted by Gasteiger charge is 2.17. The molecule has 1 nitrogen and oxygen atoms in total. The monoisotopic (exact) mass is 346 g/mol. The molecule has 5 heteroatoms. The summed E-state index contributed by atoms with van der Waals surface area (Å²) in [5.41, 5.74) is 0.282. The number of hydrogen-bond acceptors (Lipinski definition) is 1. The normalized spacial score (nSPS) is 12.5. The molecule has 2 aromatic rings. The van der Waals surface area contributed by atoms with Crippen molar-refractivity contribution in [3.8, 4) is 0 Å². The average molecular weight is 348 g/mol. The summed E-state index contributed by atoms with van der Waals surface area (Å²) < 4.78 is 27.8. The molecule has 0 amide bonds. The molecular formula is C14H10BrClF2O. The number of rotatable bonds is 3. The Morgan fingerprint density at radius 1 is 1.16 bits per heavy atom. The van der Waals surface area contributed by atoms with Crippen LogP contribution in [0, 0.1) is 11.6 Å². The molecule has 0 aliphatic carbocycles. The van der Waals surface area contributed by atoms with Gasteiger partial charge in [0.2, 0.25) is 0 Å². The summed E-state index contributed by atoms with van der Waals surface area (Å²) in [6, 6.07) is 8.57. The Morgan fingerprint density at radius 2 is 1.79 bits per heavy atom. The molecule has 1 N–H and O–H groups in total. The second-order valence-electron chi connectivity index (χ2n) is 4.09. The molecule has 0 spiro atoms. The van der Waals surface area contributed by atoms with Crippen molar-refractivity contribution in [2.75, 3.05) is 0 Å². The molecule has 0 saturated heterocycles. The van der Waals surface area contributed by atoms with Gasteiger partial charge >= 0.3 is 0 Å². The van der Waals surface area contributed by atoms with Crippen LogP contribution in [-0.2, 0) is 6.42 Å². The molecule has 0 radical (unpaired) electrons. The first kappa shape index (κ1) is 14.4. The third-order valence-electron chi connectivity index (χ3n) is 2.78. The van der Waals surface area contributed by atoms with Crippen molar-refractivity contribution >= 4 is 27.5 Å². The molecule has 19 heavy (non-hydrogen) atoms. The van der Waals surface area contributed by atoms with Crippen LogP contribution in [0.3, 0.4) is 0 Å². The van der Waals surface area contributed by atoms with E-state index in [9.17, 15) is 13.9 Å². The average Bonchev–Trinajstić information content (AvgIpc) is 2.37. The van der Waals surface area contributed by atoms with E-state index in [1.54, 1.807) is 18.2 Å². The van der Waals surface area contributed by atoms with Crippen molar-refractivity contribution in [2.45, 2.75) is 12.5 Å². The Labute approximate surface area is 123 Å². The fourth-order valence-corrected chi connectivity index (χ4v) is 2.42. The standard InChI is InChI=1S/C14H10BrClF2O/c15-8-4-5-11(16)9(6-8)14(19)7-10-12(17)2-1-3-13(10)18/h1-6,14,19H,7H2. The van der Waals surface area contributed by atoms with Crippen molar-refractivity contribution in [1.82, 2.24) is 0 Å². The summed E-state index contributed by atoms with van der Waals surface area (Å²) in [7, 11) is 0. The smallest absolute Gasteiger partial charge is 0.129 e. The van der Waals surface area contributed by atoms with Gasteiger partial charge in [-0.25, -0.2) is 8.78 Å². The Bertz CT molecular complexity index is 584. The Hall–Kier alpha value is -0.970. The van der Waals surface area contributed by atoms with Crippen LogP contribution in [0.25, 0.3) is 0 Å². The number of halogens is 4. The van der Waals surface area contributed by atoms with Gasteiger partial charge in [0, 0.05) is 27.0 Å². The summed E-state index contributed by atoms with van der Waals surface area (Å²) in [5, 5.41) is 10.4. The lowest BCUT2D eigenvalue weighted by Gasteiger charge is -2.14. The predicted octanol–water partition coefficient (Wildman–Crippen LogP) is 4.66. The molecule has 2 aromatic carbocycles. The van der Waals surface area contributed by atoms with Crippen LogP contribution < -0.4 is 0 Å². The highest BCUT2D eigenvalue weighted by atomic mass is 79.9. The van der Waals surface area contributed by atoms with Crippen LogP contribution >= 0.6 is 27.5 Å². The first-order valence-corrected chi connectivity index (χ1v) is 6.72. The first-order valence-electron chi connectivity index (χ1n) is 5.55.